The normalized spacial score (nSPS) is 11.8. The third kappa shape index (κ3) is 4.54. The summed E-state index contributed by atoms with van der Waals surface area (Å²) in [4.78, 5) is 12.8. The van der Waals surface area contributed by atoms with Gasteiger partial charge in [0.05, 0.1) is 5.39 Å². The van der Waals surface area contributed by atoms with Gasteiger partial charge in [-0.25, -0.2) is 0 Å². The first kappa shape index (κ1) is 20.3. The number of rotatable bonds is 6. The molecule has 0 radical (unpaired) electrons. The quantitative estimate of drug-likeness (QED) is 0.394. The van der Waals surface area contributed by atoms with E-state index in [1.54, 1.807) is 0 Å². The summed E-state index contributed by atoms with van der Waals surface area (Å²) in [5.41, 5.74) is 2.13. The third-order valence-electron chi connectivity index (χ3n) is 4.58. The van der Waals surface area contributed by atoms with Gasteiger partial charge in [0.25, 0.3) is 0 Å². The minimum Gasteiger partial charge on any atom is -0.508 e. The molecule has 0 aliphatic rings. The number of hydrogen-bond acceptors (Lipinski definition) is 6. The van der Waals surface area contributed by atoms with Gasteiger partial charge in [0.1, 0.15) is 34.7 Å². The van der Waals surface area contributed by atoms with Crippen molar-refractivity contribution < 1.29 is 24.5 Å². The van der Waals surface area contributed by atoms with E-state index in [1.165, 1.54) is 23.8 Å². The Labute approximate surface area is 168 Å². The summed E-state index contributed by atoms with van der Waals surface area (Å²) in [6.45, 7) is 6.39. The SMILES string of the molecule is CC(C)=CCC/C(C)=C/COc1cc2c(=O)c3c(O)cc(O)cc3oc2cc1O. The summed E-state index contributed by atoms with van der Waals surface area (Å²) in [6, 6.07) is 5.00. The Morgan fingerprint density at radius 3 is 2.48 bits per heavy atom. The molecule has 0 atom stereocenters. The second kappa shape index (κ2) is 8.31. The summed E-state index contributed by atoms with van der Waals surface area (Å²) in [6.07, 6.45) is 5.98. The Morgan fingerprint density at radius 2 is 1.76 bits per heavy atom. The molecule has 0 spiro atoms. The van der Waals surface area contributed by atoms with Gasteiger partial charge >= 0.3 is 0 Å². The molecule has 1 aromatic heterocycles. The Balaban J connectivity index is 1.89. The summed E-state index contributed by atoms with van der Waals surface area (Å²) < 4.78 is 11.2. The topological polar surface area (TPSA) is 100 Å². The highest BCUT2D eigenvalue weighted by molar-refractivity contribution is 5.94. The van der Waals surface area contributed by atoms with E-state index in [-0.39, 0.29) is 51.5 Å². The fraction of sp³-hybridized carbons (Fsp3) is 0.261. The molecule has 0 bridgehead atoms. The highest BCUT2D eigenvalue weighted by Gasteiger charge is 2.16. The lowest BCUT2D eigenvalue weighted by atomic mass is 10.1. The fourth-order valence-electron chi connectivity index (χ4n) is 3.04. The first-order valence-electron chi connectivity index (χ1n) is 9.33. The molecule has 0 unspecified atom stereocenters. The lowest BCUT2D eigenvalue weighted by Gasteiger charge is -2.09. The van der Waals surface area contributed by atoms with Crippen LogP contribution in [0.3, 0.4) is 0 Å². The largest absolute Gasteiger partial charge is 0.508 e. The van der Waals surface area contributed by atoms with Crippen LogP contribution in [0.5, 0.6) is 23.0 Å². The molecule has 1 heterocycles. The Bertz CT molecular complexity index is 1180. The van der Waals surface area contributed by atoms with E-state index in [9.17, 15) is 20.1 Å². The van der Waals surface area contributed by atoms with Crippen LogP contribution in [0.4, 0.5) is 0 Å². The molecule has 29 heavy (non-hydrogen) atoms. The molecule has 0 saturated carbocycles. The molecule has 6 heteroatoms. The first-order chi connectivity index (χ1) is 13.8. The molecule has 3 aromatic rings. The van der Waals surface area contributed by atoms with Crippen molar-refractivity contribution in [2.24, 2.45) is 0 Å². The van der Waals surface area contributed by atoms with Crippen LogP contribution >= 0.6 is 0 Å². The van der Waals surface area contributed by atoms with E-state index in [4.69, 9.17) is 9.15 Å². The van der Waals surface area contributed by atoms with E-state index >= 15 is 0 Å². The van der Waals surface area contributed by atoms with Crippen LogP contribution < -0.4 is 10.2 Å². The van der Waals surface area contributed by atoms with Crippen LogP contribution in [0, 0.1) is 0 Å². The Morgan fingerprint density at radius 1 is 1.00 bits per heavy atom. The predicted molar refractivity (Wildman–Crippen MR) is 113 cm³/mol. The van der Waals surface area contributed by atoms with Gasteiger partial charge in [-0.2, -0.15) is 0 Å². The maximum atomic E-state index is 12.8. The Kier molecular flexibility index (Phi) is 5.82. The van der Waals surface area contributed by atoms with E-state index in [0.717, 1.165) is 24.5 Å². The molecule has 0 amide bonds. The number of allylic oxidation sites excluding steroid dienone is 3. The van der Waals surface area contributed by atoms with Gasteiger partial charge in [0, 0.05) is 18.2 Å². The minimum atomic E-state index is -0.475. The smallest absolute Gasteiger partial charge is 0.204 e. The monoisotopic (exact) mass is 396 g/mol. The zero-order valence-corrected chi connectivity index (χ0v) is 16.7. The second-order valence-electron chi connectivity index (χ2n) is 7.27. The van der Waals surface area contributed by atoms with Crippen LogP contribution in [0.15, 0.2) is 56.8 Å². The van der Waals surface area contributed by atoms with Crippen molar-refractivity contribution in [3.8, 4) is 23.0 Å². The average Bonchev–Trinajstić information content (AvgIpc) is 2.61. The summed E-state index contributed by atoms with van der Waals surface area (Å²) in [5.74, 6) is -0.620. The van der Waals surface area contributed by atoms with Gasteiger partial charge in [0.15, 0.2) is 11.5 Å². The molecule has 0 aliphatic carbocycles. The minimum absolute atomic E-state index is 0.0305. The third-order valence-corrected chi connectivity index (χ3v) is 4.58. The van der Waals surface area contributed by atoms with Crippen molar-refractivity contribution in [3.05, 3.63) is 57.8 Å². The highest BCUT2D eigenvalue weighted by atomic mass is 16.5. The van der Waals surface area contributed by atoms with Crippen molar-refractivity contribution in [2.75, 3.05) is 6.61 Å². The highest BCUT2D eigenvalue weighted by Crippen LogP contribution is 2.34. The molecule has 3 N–H and O–H groups in total. The number of aromatic hydroxyl groups is 3. The van der Waals surface area contributed by atoms with E-state index in [2.05, 4.69) is 19.9 Å². The van der Waals surface area contributed by atoms with Crippen LogP contribution in [0.25, 0.3) is 21.9 Å². The van der Waals surface area contributed by atoms with Crippen molar-refractivity contribution in [1.29, 1.82) is 0 Å². The fourth-order valence-corrected chi connectivity index (χ4v) is 3.04. The van der Waals surface area contributed by atoms with Crippen molar-refractivity contribution >= 4 is 21.9 Å². The van der Waals surface area contributed by atoms with Crippen LogP contribution in [-0.2, 0) is 0 Å². The van der Waals surface area contributed by atoms with E-state index < -0.39 is 5.43 Å². The maximum Gasteiger partial charge on any atom is 0.204 e. The molecule has 6 nitrogen and oxygen atoms in total. The lowest BCUT2D eigenvalue weighted by molar-refractivity contribution is 0.335. The number of phenols is 3. The number of fused-ring (bicyclic) bond motifs is 2. The average molecular weight is 396 g/mol. The number of hydrogen-bond donors (Lipinski definition) is 3. The number of ether oxygens (including phenoxy) is 1. The first-order valence-corrected chi connectivity index (χ1v) is 9.33. The maximum absolute atomic E-state index is 12.8. The number of phenolic OH excluding ortho intramolecular Hbond substituents is 3. The summed E-state index contributed by atoms with van der Waals surface area (Å²) in [7, 11) is 0. The van der Waals surface area contributed by atoms with Gasteiger partial charge in [-0.1, -0.05) is 17.2 Å². The van der Waals surface area contributed by atoms with Gasteiger partial charge in [0.2, 0.25) is 5.43 Å². The number of benzene rings is 2. The van der Waals surface area contributed by atoms with Crippen LogP contribution in [0.2, 0.25) is 0 Å². The summed E-state index contributed by atoms with van der Waals surface area (Å²) in [5, 5.41) is 30.0. The van der Waals surface area contributed by atoms with Gasteiger partial charge in [-0.05, 0) is 45.8 Å². The predicted octanol–water partition coefficient (Wildman–Crippen LogP) is 5.13. The molecule has 2 aromatic carbocycles. The molecular weight excluding hydrogens is 372 g/mol. The van der Waals surface area contributed by atoms with Crippen molar-refractivity contribution in [1.82, 2.24) is 0 Å². The van der Waals surface area contributed by atoms with Crippen LogP contribution in [-0.4, -0.2) is 21.9 Å². The molecule has 0 aliphatic heterocycles. The van der Waals surface area contributed by atoms with Gasteiger partial charge < -0.3 is 24.5 Å². The van der Waals surface area contributed by atoms with E-state index in [1.807, 2.05) is 13.0 Å². The zero-order valence-electron chi connectivity index (χ0n) is 16.7. The second-order valence-corrected chi connectivity index (χ2v) is 7.27. The summed E-state index contributed by atoms with van der Waals surface area (Å²) >= 11 is 0. The lowest BCUT2D eigenvalue weighted by Crippen LogP contribution is -2.03. The standard InChI is InChI=1S/C23H24O6/c1-13(2)5-4-6-14(3)7-8-28-20-11-16-19(12-17(20)25)29-21-10-15(24)9-18(26)22(21)23(16)27/h5,7,9-12,24-26H,4,6,8H2,1-3H3/b14-7+. The van der Waals surface area contributed by atoms with E-state index in [0.29, 0.717) is 0 Å². The van der Waals surface area contributed by atoms with Crippen molar-refractivity contribution in [3.63, 3.8) is 0 Å². The van der Waals surface area contributed by atoms with Gasteiger partial charge in [-0.3, -0.25) is 4.79 Å². The molecule has 0 fully saturated rings. The molecular formula is C23H24O6. The molecule has 3 rings (SSSR count). The van der Waals surface area contributed by atoms with Crippen molar-refractivity contribution in [2.45, 2.75) is 33.6 Å². The van der Waals surface area contributed by atoms with Crippen LogP contribution in [0.1, 0.15) is 33.6 Å². The Hall–Kier alpha value is -3.41. The molecule has 152 valence electrons. The van der Waals surface area contributed by atoms with Gasteiger partial charge in [-0.15, -0.1) is 0 Å². The molecule has 0 saturated heterocycles. The zero-order chi connectivity index (χ0) is 21.1.